The number of aliphatic hydroxyl groups is 1. The van der Waals surface area contributed by atoms with Crippen LogP contribution in [0.3, 0.4) is 0 Å². The number of methoxy groups -OCH3 is 1. The Balaban J connectivity index is 2.22. The van der Waals surface area contributed by atoms with Gasteiger partial charge in [0.25, 0.3) is 5.91 Å². The molecular formula is C19H32N2O4SSi. The van der Waals surface area contributed by atoms with E-state index in [1.165, 1.54) is 7.11 Å². The zero-order valence-electron chi connectivity index (χ0n) is 16.8. The van der Waals surface area contributed by atoms with E-state index in [9.17, 15) is 14.7 Å². The van der Waals surface area contributed by atoms with Gasteiger partial charge >= 0.3 is 0 Å². The Bertz CT molecular complexity index is 706. The first-order valence-corrected chi connectivity index (χ1v) is 12.6. The lowest BCUT2D eigenvalue weighted by Gasteiger charge is -2.36. The van der Waals surface area contributed by atoms with E-state index < -0.39 is 14.4 Å². The molecule has 1 aromatic rings. The van der Waals surface area contributed by atoms with Crippen molar-refractivity contribution in [2.75, 3.05) is 19.4 Å². The number of nitrogens with two attached hydrogens (primary N) is 1. The normalized spacial score (nSPS) is 20.8. The van der Waals surface area contributed by atoms with Gasteiger partial charge in [0.1, 0.15) is 5.75 Å². The predicted octanol–water partition coefficient (Wildman–Crippen LogP) is 2.90. The number of anilines is 1. The first kappa shape index (κ1) is 22.1. The highest BCUT2D eigenvalue weighted by atomic mass is 32.1. The fraction of sp³-hybridized carbons (Fsp3) is 0.632. The van der Waals surface area contributed by atoms with Gasteiger partial charge in [-0.05, 0) is 49.5 Å². The minimum Gasteiger partial charge on any atom is -0.496 e. The molecule has 1 saturated heterocycles. The average Bonchev–Trinajstić information content (AvgIpc) is 2.92. The zero-order chi connectivity index (χ0) is 20.6. The number of rotatable bonds is 6. The van der Waals surface area contributed by atoms with Crippen LogP contribution < -0.4 is 10.5 Å². The van der Waals surface area contributed by atoms with E-state index in [1.54, 1.807) is 17.0 Å². The van der Waals surface area contributed by atoms with Gasteiger partial charge in [-0.15, -0.1) is 12.6 Å². The van der Waals surface area contributed by atoms with E-state index in [0.29, 0.717) is 28.3 Å². The van der Waals surface area contributed by atoms with Crippen LogP contribution in [-0.4, -0.2) is 54.8 Å². The molecule has 1 heterocycles. The van der Waals surface area contributed by atoms with Crippen LogP contribution in [0.4, 0.5) is 5.69 Å². The summed E-state index contributed by atoms with van der Waals surface area (Å²) in [5, 5.41) is 9.99. The summed E-state index contributed by atoms with van der Waals surface area (Å²) in [6.45, 7) is 8.31. The second-order valence-corrected chi connectivity index (χ2v) is 13.5. The highest BCUT2D eigenvalue weighted by Crippen LogP contribution is 2.41. The molecule has 1 fully saturated rings. The SMILES string of the molecule is COc1cc(C(=O)N2C[C@H](O)C[C@H]2CCC(C)(C)[Si](C)(C)O)c(N)cc1S. The number of ether oxygens (including phenoxy) is 1. The van der Waals surface area contributed by atoms with Crippen LogP contribution in [0.5, 0.6) is 5.75 Å². The molecule has 1 aromatic carbocycles. The summed E-state index contributed by atoms with van der Waals surface area (Å²) in [5.41, 5.74) is 6.76. The standard InChI is InChI=1S/C19H32N2O4SSi/c1-19(2,27(4,5)24)7-6-12-8-13(22)11-21(12)18(23)14-9-16(25-3)17(26)10-15(14)20/h9-10,12-13,22,24,26H,6-8,11,20H2,1-5H3/t12-,13-/m1/s1. The number of β-amino-alcohol motifs (C(OH)–C–C–N with tert-alkyl or cyclic N) is 1. The molecule has 0 radical (unpaired) electrons. The molecule has 2 rings (SSSR count). The van der Waals surface area contributed by atoms with Gasteiger partial charge in [-0.2, -0.15) is 0 Å². The Morgan fingerprint density at radius 3 is 2.63 bits per heavy atom. The lowest BCUT2D eigenvalue weighted by Crippen LogP contribution is -2.41. The number of hydrogen-bond acceptors (Lipinski definition) is 6. The number of hydrogen-bond donors (Lipinski definition) is 4. The third kappa shape index (κ3) is 4.79. The topological polar surface area (TPSA) is 96.0 Å². The van der Waals surface area contributed by atoms with Crippen molar-refractivity contribution in [3.63, 3.8) is 0 Å². The third-order valence-electron chi connectivity index (χ3n) is 5.99. The molecule has 0 spiro atoms. The number of benzene rings is 1. The van der Waals surface area contributed by atoms with Gasteiger partial charge in [0.15, 0.2) is 8.32 Å². The number of nitrogens with zero attached hydrogens (tertiary/aromatic N) is 1. The highest BCUT2D eigenvalue weighted by molar-refractivity contribution is 7.80. The van der Waals surface area contributed by atoms with Gasteiger partial charge in [0, 0.05) is 23.2 Å². The van der Waals surface area contributed by atoms with Crippen molar-refractivity contribution < 1.29 is 19.4 Å². The van der Waals surface area contributed by atoms with Gasteiger partial charge in [-0.25, -0.2) is 0 Å². The third-order valence-corrected chi connectivity index (χ3v) is 9.91. The number of carbonyl (C=O) groups is 1. The van der Waals surface area contributed by atoms with Crippen LogP contribution >= 0.6 is 12.6 Å². The number of carbonyl (C=O) groups excluding carboxylic acids is 1. The van der Waals surface area contributed by atoms with Gasteiger partial charge in [-0.1, -0.05) is 13.8 Å². The fourth-order valence-corrected chi connectivity index (χ4v) is 4.39. The molecule has 6 nitrogen and oxygen atoms in total. The van der Waals surface area contributed by atoms with Crippen molar-refractivity contribution >= 4 is 32.5 Å². The summed E-state index contributed by atoms with van der Waals surface area (Å²) in [7, 11) is -0.807. The number of nitrogen functional groups attached to an aromatic ring is 1. The number of thiol groups is 1. The van der Waals surface area contributed by atoms with Crippen molar-refractivity contribution in [3.8, 4) is 5.75 Å². The van der Waals surface area contributed by atoms with E-state index >= 15 is 0 Å². The molecule has 27 heavy (non-hydrogen) atoms. The van der Waals surface area contributed by atoms with Crippen LogP contribution in [0, 0.1) is 0 Å². The Hall–Kier alpha value is -1.22. The Kier molecular flexibility index (Phi) is 6.56. The molecule has 0 unspecified atom stereocenters. The molecule has 8 heteroatoms. The molecular weight excluding hydrogens is 380 g/mol. The highest BCUT2D eigenvalue weighted by Gasteiger charge is 2.41. The summed E-state index contributed by atoms with van der Waals surface area (Å²) >= 11 is 4.31. The molecule has 1 amide bonds. The van der Waals surface area contributed by atoms with Crippen molar-refractivity contribution in [1.82, 2.24) is 4.90 Å². The Labute approximate surface area is 168 Å². The summed E-state index contributed by atoms with van der Waals surface area (Å²) < 4.78 is 5.26. The monoisotopic (exact) mass is 412 g/mol. The zero-order valence-corrected chi connectivity index (χ0v) is 18.7. The maximum atomic E-state index is 13.1. The predicted molar refractivity (Wildman–Crippen MR) is 113 cm³/mol. The molecule has 1 aliphatic heterocycles. The summed E-state index contributed by atoms with van der Waals surface area (Å²) in [4.78, 5) is 25.9. The van der Waals surface area contributed by atoms with E-state index in [2.05, 4.69) is 26.5 Å². The minimum absolute atomic E-state index is 0.0794. The minimum atomic E-state index is -2.33. The van der Waals surface area contributed by atoms with Crippen LogP contribution in [0.25, 0.3) is 0 Å². The molecule has 0 saturated carbocycles. The van der Waals surface area contributed by atoms with E-state index in [1.807, 2.05) is 13.1 Å². The Morgan fingerprint density at radius 2 is 2.07 bits per heavy atom. The average molecular weight is 413 g/mol. The van der Waals surface area contributed by atoms with Crippen molar-refractivity contribution in [2.45, 2.75) is 68.3 Å². The lowest BCUT2D eigenvalue weighted by atomic mass is 10.00. The summed E-state index contributed by atoms with van der Waals surface area (Å²) in [6, 6.07) is 3.14. The van der Waals surface area contributed by atoms with Crippen molar-refractivity contribution in [1.29, 1.82) is 0 Å². The first-order chi connectivity index (χ1) is 12.4. The summed E-state index contributed by atoms with van der Waals surface area (Å²) in [5.74, 6) is 0.278. The second-order valence-electron chi connectivity index (χ2n) is 8.59. The quantitative estimate of drug-likeness (QED) is 0.327. The van der Waals surface area contributed by atoms with Crippen LogP contribution in [0.2, 0.25) is 18.1 Å². The summed E-state index contributed by atoms with van der Waals surface area (Å²) in [6.07, 6.45) is 1.51. The molecule has 152 valence electrons. The van der Waals surface area contributed by atoms with E-state index in [4.69, 9.17) is 10.5 Å². The maximum absolute atomic E-state index is 13.1. The molecule has 0 aromatic heterocycles. The number of aliphatic hydroxyl groups excluding tert-OH is 1. The number of amides is 1. The van der Waals surface area contributed by atoms with Gasteiger partial charge in [0.2, 0.25) is 0 Å². The lowest BCUT2D eigenvalue weighted by molar-refractivity contribution is 0.0708. The largest absolute Gasteiger partial charge is 0.496 e. The first-order valence-electron chi connectivity index (χ1n) is 9.25. The molecule has 2 atom stereocenters. The van der Waals surface area contributed by atoms with E-state index in [-0.39, 0.29) is 23.5 Å². The van der Waals surface area contributed by atoms with Crippen LogP contribution in [-0.2, 0) is 0 Å². The molecule has 0 bridgehead atoms. The molecule has 1 aliphatic rings. The number of likely N-dealkylation sites (tertiary alicyclic amines) is 1. The molecule has 0 aliphatic carbocycles. The van der Waals surface area contributed by atoms with Gasteiger partial charge in [-0.3, -0.25) is 4.79 Å². The molecule has 4 N–H and O–H groups in total. The smallest absolute Gasteiger partial charge is 0.256 e. The second kappa shape index (κ2) is 8.03. The van der Waals surface area contributed by atoms with Gasteiger partial charge < -0.3 is 25.3 Å². The fourth-order valence-electron chi connectivity index (χ4n) is 3.34. The van der Waals surface area contributed by atoms with Crippen molar-refractivity contribution in [3.05, 3.63) is 17.7 Å². The van der Waals surface area contributed by atoms with E-state index in [0.717, 1.165) is 12.8 Å². The van der Waals surface area contributed by atoms with Crippen LogP contribution in [0.1, 0.15) is 43.5 Å². The van der Waals surface area contributed by atoms with Gasteiger partial charge in [0.05, 0.1) is 18.8 Å². The maximum Gasteiger partial charge on any atom is 0.256 e. The van der Waals surface area contributed by atoms with Crippen molar-refractivity contribution in [2.24, 2.45) is 0 Å². The Morgan fingerprint density at radius 1 is 1.44 bits per heavy atom. The van der Waals surface area contributed by atoms with Crippen LogP contribution in [0.15, 0.2) is 17.0 Å².